The zero-order valence-electron chi connectivity index (χ0n) is 11.1. The molecule has 1 aromatic rings. The maximum atomic E-state index is 12.0. The Morgan fingerprint density at radius 3 is 3.00 bits per heavy atom. The van der Waals surface area contributed by atoms with Crippen LogP contribution >= 0.6 is 0 Å². The third-order valence-electron chi connectivity index (χ3n) is 2.70. The number of nitrogens with zero attached hydrogens (tertiary/aromatic N) is 1. The van der Waals surface area contributed by atoms with Crippen molar-refractivity contribution in [2.45, 2.75) is 19.8 Å². The van der Waals surface area contributed by atoms with E-state index in [1.54, 1.807) is 24.3 Å². The SMILES string of the molecule is CCCC(CN)C(=O)Nc1cccc(OCC#N)c1. The molecule has 102 valence electrons. The molecule has 3 N–H and O–H groups in total. The highest BCUT2D eigenvalue weighted by molar-refractivity contribution is 5.92. The lowest BCUT2D eigenvalue weighted by Gasteiger charge is -2.14. The third kappa shape index (κ3) is 4.98. The summed E-state index contributed by atoms with van der Waals surface area (Å²) in [5.74, 6) is 0.301. The number of nitriles is 1. The van der Waals surface area contributed by atoms with Gasteiger partial charge in [0.1, 0.15) is 11.8 Å². The van der Waals surface area contributed by atoms with Crippen molar-refractivity contribution < 1.29 is 9.53 Å². The molecule has 0 aliphatic heterocycles. The van der Waals surface area contributed by atoms with Crippen LogP contribution in [-0.4, -0.2) is 19.1 Å². The zero-order valence-corrected chi connectivity index (χ0v) is 11.1. The predicted molar refractivity (Wildman–Crippen MR) is 73.6 cm³/mol. The van der Waals surface area contributed by atoms with E-state index < -0.39 is 0 Å². The van der Waals surface area contributed by atoms with Crippen LogP contribution in [0.4, 0.5) is 5.69 Å². The molecule has 0 saturated carbocycles. The second-order valence-electron chi connectivity index (χ2n) is 4.19. The largest absolute Gasteiger partial charge is 0.479 e. The summed E-state index contributed by atoms with van der Waals surface area (Å²) in [7, 11) is 0. The molecule has 0 heterocycles. The quantitative estimate of drug-likeness (QED) is 0.784. The van der Waals surface area contributed by atoms with E-state index in [0.29, 0.717) is 18.0 Å². The molecule has 0 aromatic heterocycles. The predicted octanol–water partition coefficient (Wildman–Crippen LogP) is 1.90. The second kappa shape index (κ2) is 8.11. The van der Waals surface area contributed by atoms with E-state index in [2.05, 4.69) is 5.32 Å². The Morgan fingerprint density at radius 1 is 1.58 bits per heavy atom. The van der Waals surface area contributed by atoms with Gasteiger partial charge in [0, 0.05) is 18.3 Å². The molecule has 5 nitrogen and oxygen atoms in total. The van der Waals surface area contributed by atoms with Gasteiger partial charge in [-0.2, -0.15) is 5.26 Å². The number of ether oxygens (including phenoxy) is 1. The van der Waals surface area contributed by atoms with Crippen LogP contribution in [0, 0.1) is 17.2 Å². The Morgan fingerprint density at radius 2 is 2.37 bits per heavy atom. The molecule has 0 spiro atoms. The van der Waals surface area contributed by atoms with Gasteiger partial charge in [-0.05, 0) is 18.6 Å². The van der Waals surface area contributed by atoms with Crippen LogP contribution in [0.1, 0.15) is 19.8 Å². The summed E-state index contributed by atoms with van der Waals surface area (Å²) in [6, 6.07) is 8.86. The van der Waals surface area contributed by atoms with Gasteiger partial charge < -0.3 is 15.8 Å². The van der Waals surface area contributed by atoms with E-state index in [0.717, 1.165) is 12.8 Å². The number of amides is 1. The standard InChI is InChI=1S/C14H19N3O2/c1-2-4-11(10-16)14(18)17-12-5-3-6-13(9-12)19-8-7-15/h3,5-6,9,11H,2,4,8,10,16H2,1H3,(H,17,18). The van der Waals surface area contributed by atoms with Crippen molar-refractivity contribution in [1.29, 1.82) is 5.26 Å². The monoisotopic (exact) mass is 261 g/mol. The van der Waals surface area contributed by atoms with Gasteiger partial charge in [-0.1, -0.05) is 19.4 Å². The lowest BCUT2D eigenvalue weighted by atomic mass is 10.0. The average molecular weight is 261 g/mol. The van der Waals surface area contributed by atoms with E-state index >= 15 is 0 Å². The first kappa shape index (κ1) is 15.0. The number of nitrogens with one attached hydrogen (secondary N) is 1. The number of hydrogen-bond donors (Lipinski definition) is 2. The minimum Gasteiger partial charge on any atom is -0.479 e. The van der Waals surface area contributed by atoms with Crippen molar-refractivity contribution in [3.05, 3.63) is 24.3 Å². The summed E-state index contributed by atoms with van der Waals surface area (Å²) in [4.78, 5) is 12.0. The van der Waals surface area contributed by atoms with Crippen molar-refractivity contribution in [1.82, 2.24) is 0 Å². The molecule has 19 heavy (non-hydrogen) atoms. The fourth-order valence-corrected chi connectivity index (χ4v) is 1.73. The van der Waals surface area contributed by atoms with Gasteiger partial charge in [-0.15, -0.1) is 0 Å². The van der Waals surface area contributed by atoms with Gasteiger partial charge in [-0.3, -0.25) is 4.79 Å². The minimum atomic E-state index is -0.173. The van der Waals surface area contributed by atoms with E-state index in [1.807, 2.05) is 13.0 Å². The van der Waals surface area contributed by atoms with Crippen molar-refractivity contribution >= 4 is 11.6 Å². The van der Waals surface area contributed by atoms with Gasteiger partial charge >= 0.3 is 0 Å². The molecule has 1 rings (SSSR count). The number of anilines is 1. The molecule has 0 aliphatic rings. The molecule has 0 fully saturated rings. The molecule has 0 bridgehead atoms. The summed E-state index contributed by atoms with van der Waals surface area (Å²) in [6.45, 7) is 2.34. The number of carbonyl (C=O) groups excluding carboxylic acids is 1. The van der Waals surface area contributed by atoms with Crippen LogP contribution in [0.2, 0.25) is 0 Å². The zero-order chi connectivity index (χ0) is 14.1. The topological polar surface area (TPSA) is 88.1 Å². The number of rotatable bonds is 7. The van der Waals surface area contributed by atoms with Crippen molar-refractivity contribution in [3.8, 4) is 11.8 Å². The summed E-state index contributed by atoms with van der Waals surface area (Å²) in [6.07, 6.45) is 1.69. The Kier molecular flexibility index (Phi) is 6.41. The molecule has 5 heteroatoms. The molecule has 1 aromatic carbocycles. The highest BCUT2D eigenvalue weighted by Crippen LogP contribution is 2.18. The van der Waals surface area contributed by atoms with Crippen LogP contribution in [-0.2, 0) is 4.79 Å². The summed E-state index contributed by atoms with van der Waals surface area (Å²) < 4.78 is 5.17. The molecule has 0 radical (unpaired) electrons. The smallest absolute Gasteiger partial charge is 0.228 e. The van der Waals surface area contributed by atoms with Gasteiger partial charge in [0.25, 0.3) is 0 Å². The van der Waals surface area contributed by atoms with Crippen molar-refractivity contribution in [3.63, 3.8) is 0 Å². The number of benzene rings is 1. The molecular formula is C14H19N3O2. The lowest BCUT2D eigenvalue weighted by Crippen LogP contribution is -2.29. The Hall–Kier alpha value is -2.06. The van der Waals surface area contributed by atoms with E-state index in [9.17, 15) is 4.79 Å². The van der Waals surface area contributed by atoms with Gasteiger partial charge in [0.05, 0.1) is 5.92 Å². The summed E-state index contributed by atoms with van der Waals surface area (Å²) >= 11 is 0. The third-order valence-corrected chi connectivity index (χ3v) is 2.70. The van der Waals surface area contributed by atoms with Gasteiger partial charge in [0.2, 0.25) is 5.91 Å². The first-order valence-corrected chi connectivity index (χ1v) is 6.32. The van der Waals surface area contributed by atoms with Crippen LogP contribution in [0.3, 0.4) is 0 Å². The number of carbonyl (C=O) groups is 1. The van der Waals surface area contributed by atoms with Gasteiger partial charge in [-0.25, -0.2) is 0 Å². The molecule has 1 atom stereocenters. The highest BCUT2D eigenvalue weighted by Gasteiger charge is 2.15. The minimum absolute atomic E-state index is 0.0152. The molecular weight excluding hydrogens is 242 g/mol. The molecule has 1 unspecified atom stereocenters. The second-order valence-corrected chi connectivity index (χ2v) is 4.19. The fourth-order valence-electron chi connectivity index (χ4n) is 1.73. The Labute approximate surface area is 113 Å². The van der Waals surface area contributed by atoms with Gasteiger partial charge in [0.15, 0.2) is 6.61 Å². The number of hydrogen-bond acceptors (Lipinski definition) is 4. The molecule has 0 saturated heterocycles. The van der Waals surface area contributed by atoms with Crippen LogP contribution in [0.15, 0.2) is 24.3 Å². The maximum Gasteiger partial charge on any atom is 0.228 e. The van der Waals surface area contributed by atoms with Crippen molar-refractivity contribution in [2.24, 2.45) is 11.7 Å². The lowest BCUT2D eigenvalue weighted by molar-refractivity contribution is -0.119. The maximum absolute atomic E-state index is 12.0. The average Bonchev–Trinajstić information content (AvgIpc) is 2.42. The first-order chi connectivity index (χ1) is 9.21. The van der Waals surface area contributed by atoms with E-state index in [1.165, 1.54) is 0 Å². The van der Waals surface area contributed by atoms with E-state index in [-0.39, 0.29) is 18.4 Å². The molecule has 1 amide bonds. The Bertz CT molecular complexity index is 454. The Balaban J connectivity index is 2.65. The van der Waals surface area contributed by atoms with Crippen LogP contribution in [0.25, 0.3) is 0 Å². The summed E-state index contributed by atoms with van der Waals surface area (Å²) in [5.41, 5.74) is 6.24. The normalized spacial score (nSPS) is 11.4. The first-order valence-electron chi connectivity index (χ1n) is 6.32. The van der Waals surface area contributed by atoms with Crippen LogP contribution < -0.4 is 15.8 Å². The highest BCUT2D eigenvalue weighted by atomic mass is 16.5. The molecule has 0 aliphatic carbocycles. The van der Waals surface area contributed by atoms with Crippen LogP contribution in [0.5, 0.6) is 5.75 Å². The summed E-state index contributed by atoms with van der Waals surface area (Å²) in [5, 5.41) is 11.3. The van der Waals surface area contributed by atoms with Crippen molar-refractivity contribution in [2.75, 3.05) is 18.5 Å². The van der Waals surface area contributed by atoms with E-state index in [4.69, 9.17) is 15.7 Å². The number of nitrogens with two attached hydrogens (primary N) is 1. The fraction of sp³-hybridized carbons (Fsp3) is 0.429.